The standard InChI is InChI=1S/C17H15ClN4O4S2/c1-10(9-20-17(18)27)8-19-15(23)11-4-5-14-12(7-11)21-16(24)13-3-2-6-22(13)28(14,25)26/h2-7,9H,8H2,1H3,(H,19,23)(H,20,27)(H,21,24)/b10-9+. The molecule has 0 radical (unpaired) electrons. The van der Waals surface area contributed by atoms with Crippen molar-refractivity contribution in [1.29, 1.82) is 0 Å². The smallest absolute Gasteiger partial charge is 0.273 e. The van der Waals surface area contributed by atoms with Gasteiger partial charge in [0, 0.05) is 24.5 Å². The molecule has 1 aliphatic rings. The first-order valence-electron chi connectivity index (χ1n) is 7.94. The van der Waals surface area contributed by atoms with Crippen LogP contribution in [0.1, 0.15) is 27.8 Å². The molecule has 0 bridgehead atoms. The van der Waals surface area contributed by atoms with E-state index >= 15 is 0 Å². The van der Waals surface area contributed by atoms with Crippen LogP contribution in [0.2, 0.25) is 0 Å². The molecule has 1 aliphatic heterocycles. The fraction of sp³-hybridized carbons (Fsp3) is 0.118. The summed E-state index contributed by atoms with van der Waals surface area (Å²) >= 11 is 9.35. The Bertz CT molecular complexity index is 1130. The first kappa shape index (κ1) is 20.2. The summed E-state index contributed by atoms with van der Waals surface area (Å²) in [5.74, 6) is -1.02. The maximum atomic E-state index is 12.8. The minimum Gasteiger partial charge on any atom is -0.348 e. The number of hydrogen-bond acceptors (Lipinski definition) is 5. The summed E-state index contributed by atoms with van der Waals surface area (Å²) in [6.07, 6.45) is 2.77. The number of fused-ring (bicyclic) bond motifs is 2. The number of nitrogens with one attached hydrogen (secondary N) is 2. The molecule has 0 fully saturated rings. The van der Waals surface area contributed by atoms with Crippen LogP contribution in [0.25, 0.3) is 0 Å². The Balaban J connectivity index is 1.87. The Kier molecular flexibility index (Phi) is 5.64. The number of rotatable bonds is 4. The molecule has 3 rings (SSSR count). The highest BCUT2D eigenvalue weighted by Crippen LogP contribution is 2.29. The third kappa shape index (κ3) is 3.98. The Labute approximate surface area is 171 Å². The summed E-state index contributed by atoms with van der Waals surface area (Å²) in [6.45, 7) is 1.95. The molecular weight excluding hydrogens is 424 g/mol. The van der Waals surface area contributed by atoms with Crippen LogP contribution in [0.5, 0.6) is 0 Å². The molecule has 0 saturated carbocycles. The predicted octanol–water partition coefficient (Wildman–Crippen LogP) is 2.45. The van der Waals surface area contributed by atoms with Gasteiger partial charge in [0.2, 0.25) is 0 Å². The van der Waals surface area contributed by atoms with Gasteiger partial charge < -0.3 is 10.6 Å². The number of aromatic nitrogens is 1. The Morgan fingerprint density at radius 3 is 2.86 bits per heavy atom. The van der Waals surface area contributed by atoms with Crippen molar-refractivity contribution in [3.63, 3.8) is 0 Å². The van der Waals surface area contributed by atoms with Gasteiger partial charge in [0.05, 0.1) is 5.69 Å². The van der Waals surface area contributed by atoms with Crippen molar-refractivity contribution in [3.05, 3.63) is 59.6 Å². The zero-order chi connectivity index (χ0) is 20.5. The van der Waals surface area contributed by atoms with Crippen molar-refractivity contribution in [2.75, 3.05) is 11.9 Å². The van der Waals surface area contributed by atoms with E-state index in [9.17, 15) is 18.0 Å². The van der Waals surface area contributed by atoms with E-state index in [1.165, 1.54) is 42.7 Å². The molecule has 0 unspecified atom stereocenters. The van der Waals surface area contributed by atoms with Gasteiger partial charge in [-0.15, -0.1) is 12.6 Å². The van der Waals surface area contributed by atoms with E-state index in [-0.39, 0.29) is 32.9 Å². The molecule has 1 aromatic carbocycles. The second-order valence-electron chi connectivity index (χ2n) is 5.92. The largest absolute Gasteiger partial charge is 0.348 e. The van der Waals surface area contributed by atoms with Crippen molar-refractivity contribution >= 4 is 56.3 Å². The van der Waals surface area contributed by atoms with E-state index in [0.717, 1.165) is 9.55 Å². The minimum absolute atomic E-state index is 0.00799. The second kappa shape index (κ2) is 7.82. The van der Waals surface area contributed by atoms with Crippen LogP contribution in [0, 0.1) is 0 Å². The van der Waals surface area contributed by atoms with Gasteiger partial charge >= 0.3 is 0 Å². The van der Waals surface area contributed by atoms with E-state index < -0.39 is 21.8 Å². The Morgan fingerprint density at radius 2 is 2.14 bits per heavy atom. The molecule has 2 N–H and O–H groups in total. The highest BCUT2D eigenvalue weighted by molar-refractivity contribution is 8.00. The van der Waals surface area contributed by atoms with Gasteiger partial charge in [-0.2, -0.15) is 0 Å². The number of carbonyl (C=O) groups excluding carboxylic acids is 2. The third-order valence-corrected chi connectivity index (χ3v) is 5.85. The average molecular weight is 439 g/mol. The summed E-state index contributed by atoms with van der Waals surface area (Å²) in [5.41, 5.74) is 0.960. The predicted molar refractivity (Wildman–Crippen MR) is 110 cm³/mol. The summed E-state index contributed by atoms with van der Waals surface area (Å²) < 4.78 is 26.5. The number of thiol groups is 1. The maximum Gasteiger partial charge on any atom is 0.273 e. The van der Waals surface area contributed by atoms with Crippen LogP contribution < -0.4 is 10.6 Å². The lowest BCUT2D eigenvalue weighted by molar-refractivity contribution is 0.0955. The van der Waals surface area contributed by atoms with Gasteiger partial charge in [0.15, 0.2) is 4.50 Å². The molecule has 2 amide bonds. The summed E-state index contributed by atoms with van der Waals surface area (Å²) in [4.78, 5) is 28.4. The lowest BCUT2D eigenvalue weighted by Gasteiger charge is -2.10. The van der Waals surface area contributed by atoms with E-state index in [0.29, 0.717) is 0 Å². The van der Waals surface area contributed by atoms with Gasteiger partial charge in [0.1, 0.15) is 10.6 Å². The van der Waals surface area contributed by atoms with Crippen LogP contribution in [0.4, 0.5) is 5.69 Å². The number of halogens is 1. The number of amides is 2. The molecular formula is C17H15ClN4O4S2. The second-order valence-corrected chi connectivity index (χ2v) is 8.74. The van der Waals surface area contributed by atoms with Gasteiger partial charge in [-0.05, 0) is 42.8 Å². The van der Waals surface area contributed by atoms with Crippen molar-refractivity contribution in [1.82, 2.24) is 9.29 Å². The fourth-order valence-electron chi connectivity index (χ4n) is 2.57. The molecule has 1 aromatic heterocycles. The molecule has 8 nitrogen and oxygen atoms in total. The number of nitrogens with zero attached hydrogens (tertiary/aromatic N) is 2. The lowest BCUT2D eigenvalue weighted by atomic mass is 10.1. The number of anilines is 1. The molecule has 2 heterocycles. The molecule has 0 saturated heterocycles. The van der Waals surface area contributed by atoms with Crippen LogP contribution in [-0.2, 0) is 10.0 Å². The molecule has 2 aromatic rings. The lowest BCUT2D eigenvalue weighted by Crippen LogP contribution is -2.25. The molecule has 146 valence electrons. The first-order chi connectivity index (χ1) is 13.2. The molecule has 0 spiro atoms. The van der Waals surface area contributed by atoms with Crippen LogP contribution in [0.3, 0.4) is 0 Å². The fourth-order valence-corrected chi connectivity index (χ4v) is 4.15. The van der Waals surface area contributed by atoms with Crippen molar-refractivity contribution in [3.8, 4) is 0 Å². The highest BCUT2D eigenvalue weighted by atomic mass is 35.5. The van der Waals surface area contributed by atoms with E-state index in [1.54, 1.807) is 6.92 Å². The number of benzene rings is 1. The zero-order valence-corrected chi connectivity index (χ0v) is 17.0. The van der Waals surface area contributed by atoms with Crippen LogP contribution in [-0.4, -0.2) is 35.3 Å². The number of carbonyl (C=O) groups is 2. The van der Waals surface area contributed by atoms with Crippen molar-refractivity contribution in [2.24, 2.45) is 4.99 Å². The number of aliphatic imine (C=N–C) groups is 1. The van der Waals surface area contributed by atoms with Crippen molar-refractivity contribution < 1.29 is 18.0 Å². The van der Waals surface area contributed by atoms with Crippen molar-refractivity contribution in [2.45, 2.75) is 11.8 Å². The van der Waals surface area contributed by atoms with E-state index in [4.69, 9.17) is 11.6 Å². The SMILES string of the molecule is C/C(=C\N=C(/S)Cl)CNC(=O)c1ccc2c(c1)NC(=O)c1cccn1S2(=O)=O. The van der Waals surface area contributed by atoms with Crippen LogP contribution >= 0.6 is 24.2 Å². The topological polar surface area (TPSA) is 110 Å². The average Bonchev–Trinajstić information content (AvgIpc) is 3.12. The number of hydrogen-bond donors (Lipinski definition) is 3. The van der Waals surface area contributed by atoms with E-state index in [2.05, 4.69) is 28.3 Å². The quantitative estimate of drug-likeness (QED) is 0.387. The van der Waals surface area contributed by atoms with E-state index in [1.807, 2.05) is 0 Å². The Hall–Kier alpha value is -2.56. The van der Waals surface area contributed by atoms with Gasteiger partial charge in [-0.3, -0.25) is 9.59 Å². The van der Waals surface area contributed by atoms with Gasteiger partial charge in [-0.1, -0.05) is 11.6 Å². The summed E-state index contributed by atoms with van der Waals surface area (Å²) in [6, 6.07) is 6.88. The Morgan fingerprint density at radius 1 is 1.39 bits per heavy atom. The normalized spacial score (nSPS) is 15.9. The maximum absolute atomic E-state index is 12.8. The molecule has 0 aliphatic carbocycles. The molecule has 28 heavy (non-hydrogen) atoms. The van der Waals surface area contributed by atoms with Crippen LogP contribution in [0.15, 0.2) is 58.2 Å². The zero-order valence-electron chi connectivity index (χ0n) is 14.5. The first-order valence-corrected chi connectivity index (χ1v) is 10.2. The molecule has 0 atom stereocenters. The monoisotopic (exact) mass is 438 g/mol. The minimum atomic E-state index is -3.95. The third-order valence-electron chi connectivity index (χ3n) is 3.89. The van der Waals surface area contributed by atoms with Gasteiger partial charge in [0.25, 0.3) is 21.8 Å². The summed E-state index contributed by atoms with van der Waals surface area (Å²) in [5, 5.41) is 5.22. The highest BCUT2D eigenvalue weighted by Gasteiger charge is 2.30. The van der Waals surface area contributed by atoms with Gasteiger partial charge in [-0.25, -0.2) is 17.4 Å². The molecule has 11 heteroatoms. The summed E-state index contributed by atoms with van der Waals surface area (Å²) in [7, 11) is -3.95.